The highest BCUT2D eigenvalue weighted by atomic mass is 16.5. The molecule has 2 atom stereocenters. The maximum Gasteiger partial charge on any atom is 0.274 e. The molecule has 232 valence electrons. The van der Waals surface area contributed by atoms with Gasteiger partial charge in [-0.2, -0.15) is 0 Å². The van der Waals surface area contributed by atoms with Crippen molar-refractivity contribution in [3.05, 3.63) is 59.7 Å². The third kappa shape index (κ3) is 6.30. The van der Waals surface area contributed by atoms with Gasteiger partial charge in [0.1, 0.15) is 23.8 Å². The number of carbonyl (C=O) groups is 3. The molecule has 1 N–H and O–H groups in total. The summed E-state index contributed by atoms with van der Waals surface area (Å²) in [6.07, 6.45) is 3.93. The van der Waals surface area contributed by atoms with Crippen LogP contribution in [0.3, 0.4) is 0 Å². The van der Waals surface area contributed by atoms with Crippen LogP contribution in [0.1, 0.15) is 39.4 Å². The molecular formula is C30H35N7O7. The third-order valence-electron chi connectivity index (χ3n) is 8.22. The average molecular weight is 606 g/mol. The van der Waals surface area contributed by atoms with E-state index in [0.29, 0.717) is 67.5 Å². The first-order valence-electron chi connectivity index (χ1n) is 14.6. The van der Waals surface area contributed by atoms with Crippen molar-refractivity contribution < 1.29 is 33.3 Å². The van der Waals surface area contributed by atoms with Gasteiger partial charge in [0.05, 0.1) is 45.7 Å². The Labute approximate surface area is 254 Å². The molecule has 0 unspecified atom stereocenters. The van der Waals surface area contributed by atoms with Gasteiger partial charge in [0, 0.05) is 49.9 Å². The lowest BCUT2D eigenvalue weighted by molar-refractivity contribution is -0.136. The highest BCUT2D eigenvalue weighted by Crippen LogP contribution is 2.28. The van der Waals surface area contributed by atoms with Crippen LogP contribution in [-0.4, -0.2) is 107 Å². The molecule has 6 rings (SSSR count). The molecule has 0 aliphatic carbocycles. The molecular weight excluding hydrogens is 570 g/mol. The Kier molecular flexibility index (Phi) is 8.59. The zero-order chi connectivity index (χ0) is 30.6. The molecule has 0 radical (unpaired) electrons. The minimum Gasteiger partial charge on any atom is -0.497 e. The third-order valence-corrected chi connectivity index (χ3v) is 8.22. The molecule has 44 heavy (non-hydrogen) atoms. The molecule has 0 spiro atoms. The number of amides is 3. The van der Waals surface area contributed by atoms with Gasteiger partial charge >= 0.3 is 0 Å². The van der Waals surface area contributed by atoms with Crippen molar-refractivity contribution in [2.24, 2.45) is 5.92 Å². The Balaban J connectivity index is 1.12. The van der Waals surface area contributed by atoms with Crippen LogP contribution in [0.25, 0.3) is 0 Å². The maximum absolute atomic E-state index is 13.7. The highest BCUT2D eigenvalue weighted by Gasteiger charge is 2.40. The Morgan fingerprint density at radius 3 is 2.55 bits per heavy atom. The van der Waals surface area contributed by atoms with Crippen molar-refractivity contribution in [1.82, 2.24) is 35.1 Å². The first-order chi connectivity index (χ1) is 21.4. The van der Waals surface area contributed by atoms with E-state index >= 15 is 0 Å². The zero-order valence-electron chi connectivity index (χ0n) is 24.7. The van der Waals surface area contributed by atoms with Gasteiger partial charge in [-0.1, -0.05) is 5.21 Å². The normalized spacial score (nSPS) is 20.9. The van der Waals surface area contributed by atoms with E-state index in [-0.39, 0.29) is 43.2 Å². The minimum atomic E-state index is -0.469. The monoisotopic (exact) mass is 605 g/mol. The molecule has 3 aliphatic heterocycles. The van der Waals surface area contributed by atoms with Crippen molar-refractivity contribution in [1.29, 1.82) is 0 Å². The van der Waals surface area contributed by atoms with Crippen LogP contribution >= 0.6 is 0 Å². The van der Waals surface area contributed by atoms with Crippen molar-refractivity contribution in [2.45, 2.75) is 38.1 Å². The molecule has 3 aliphatic rings. The molecule has 2 bridgehead atoms. The molecule has 14 nitrogen and oxygen atoms in total. The number of ether oxygens (including phenoxy) is 4. The van der Waals surface area contributed by atoms with Crippen LogP contribution in [0.4, 0.5) is 0 Å². The van der Waals surface area contributed by atoms with E-state index in [1.165, 1.54) is 20.4 Å². The summed E-state index contributed by atoms with van der Waals surface area (Å²) in [5.41, 5.74) is 1.28. The lowest BCUT2D eigenvalue weighted by Crippen LogP contribution is -2.45. The summed E-state index contributed by atoms with van der Waals surface area (Å²) >= 11 is 0. The molecule has 2 fully saturated rings. The summed E-state index contributed by atoms with van der Waals surface area (Å²) in [7, 11) is 3.08. The molecule has 3 aromatic rings. The Morgan fingerprint density at radius 1 is 1.02 bits per heavy atom. The van der Waals surface area contributed by atoms with Gasteiger partial charge in [0.2, 0.25) is 5.91 Å². The molecule has 2 saturated heterocycles. The molecule has 3 amide bonds. The summed E-state index contributed by atoms with van der Waals surface area (Å²) in [4.78, 5) is 48.0. The Morgan fingerprint density at radius 2 is 1.80 bits per heavy atom. The molecule has 1 aromatic carbocycles. The summed E-state index contributed by atoms with van der Waals surface area (Å²) in [6, 6.07) is 8.02. The Bertz CT molecular complexity index is 1500. The number of benzene rings is 1. The largest absolute Gasteiger partial charge is 0.497 e. The predicted octanol–water partition coefficient (Wildman–Crippen LogP) is 1.16. The number of hydrogen-bond acceptors (Lipinski definition) is 10. The van der Waals surface area contributed by atoms with Gasteiger partial charge in [-0.3, -0.25) is 14.4 Å². The van der Waals surface area contributed by atoms with Gasteiger partial charge in [-0.05, 0) is 37.1 Å². The fourth-order valence-corrected chi connectivity index (χ4v) is 5.83. The molecule has 0 saturated carbocycles. The van der Waals surface area contributed by atoms with E-state index in [4.69, 9.17) is 18.9 Å². The van der Waals surface area contributed by atoms with Gasteiger partial charge < -0.3 is 34.1 Å². The topological polar surface area (TPSA) is 150 Å². The summed E-state index contributed by atoms with van der Waals surface area (Å²) < 4.78 is 24.3. The molecule has 14 heteroatoms. The standard InChI is InChI=1S/C30H35N7O7/c1-41-22-12-20(13-23(14-22)42-2)30(40)35-8-5-19(6-9-35)29(39)36-16-24-26(17-36)44-18-21-15-37(34-33-21)10-11-43-25-4-3-7-31-27(25)28(38)32-24/h3-4,7,12-15,19,24,26H,5-6,8-11,16-18H2,1-2H3,(H,32,38)/t24-,26-/m0/s1. The quantitative estimate of drug-likeness (QED) is 0.459. The van der Waals surface area contributed by atoms with Crippen LogP contribution in [0, 0.1) is 5.92 Å². The van der Waals surface area contributed by atoms with E-state index in [9.17, 15) is 14.4 Å². The number of carbonyl (C=O) groups excluding carboxylic acids is 3. The van der Waals surface area contributed by atoms with E-state index in [2.05, 4.69) is 20.6 Å². The number of nitrogens with one attached hydrogen (secondary N) is 1. The zero-order valence-corrected chi connectivity index (χ0v) is 24.7. The molecule has 5 heterocycles. The highest BCUT2D eigenvalue weighted by molar-refractivity contribution is 5.96. The van der Waals surface area contributed by atoms with Crippen LogP contribution in [0.15, 0.2) is 42.7 Å². The van der Waals surface area contributed by atoms with Gasteiger partial charge in [0.25, 0.3) is 11.8 Å². The van der Waals surface area contributed by atoms with Crippen LogP contribution < -0.4 is 19.5 Å². The average Bonchev–Trinajstić information content (AvgIpc) is 3.69. The van der Waals surface area contributed by atoms with E-state index in [1.54, 1.807) is 51.0 Å². The maximum atomic E-state index is 13.7. The first kappa shape index (κ1) is 29.4. The summed E-state index contributed by atoms with van der Waals surface area (Å²) in [5, 5.41) is 11.3. The predicted molar refractivity (Wildman–Crippen MR) is 154 cm³/mol. The van der Waals surface area contributed by atoms with Crippen molar-refractivity contribution in [3.63, 3.8) is 0 Å². The fourth-order valence-electron chi connectivity index (χ4n) is 5.83. The SMILES string of the molecule is COc1cc(OC)cc(C(=O)N2CCC(C(=O)N3C[C@@H]4NC(=O)c5ncccc5OCCn5cc(nn5)CO[C@H]4C3)CC2)c1. The second-order valence-corrected chi connectivity index (χ2v) is 11.0. The van der Waals surface area contributed by atoms with Crippen molar-refractivity contribution in [3.8, 4) is 17.2 Å². The van der Waals surface area contributed by atoms with Crippen LogP contribution in [0.2, 0.25) is 0 Å². The number of aromatic nitrogens is 4. The number of nitrogens with zero attached hydrogens (tertiary/aromatic N) is 6. The number of piperidine rings is 1. The Hall–Kier alpha value is -4.72. The van der Waals surface area contributed by atoms with E-state index in [0.717, 1.165) is 0 Å². The second kappa shape index (κ2) is 12.9. The smallest absolute Gasteiger partial charge is 0.274 e. The number of rotatable bonds is 4. The van der Waals surface area contributed by atoms with Gasteiger partial charge in [-0.25, -0.2) is 9.67 Å². The number of methoxy groups -OCH3 is 2. The van der Waals surface area contributed by atoms with Crippen LogP contribution in [0.5, 0.6) is 17.2 Å². The number of pyridine rings is 1. The number of hydrogen-bond donors (Lipinski definition) is 1. The van der Waals surface area contributed by atoms with E-state index in [1.807, 2.05) is 0 Å². The fraction of sp³-hybridized carbons (Fsp3) is 0.467. The van der Waals surface area contributed by atoms with Crippen molar-refractivity contribution in [2.75, 3.05) is 47.0 Å². The van der Waals surface area contributed by atoms with Gasteiger partial charge in [-0.15, -0.1) is 5.10 Å². The first-order valence-corrected chi connectivity index (χ1v) is 14.6. The summed E-state index contributed by atoms with van der Waals surface area (Å²) in [5.74, 6) is 0.630. The number of likely N-dealkylation sites (tertiary alicyclic amines) is 2. The number of fused-ring (bicyclic) bond motifs is 4. The van der Waals surface area contributed by atoms with Gasteiger partial charge in [0.15, 0.2) is 11.4 Å². The molecule has 2 aromatic heterocycles. The van der Waals surface area contributed by atoms with E-state index < -0.39 is 18.1 Å². The summed E-state index contributed by atoms with van der Waals surface area (Å²) in [6.45, 7) is 2.39. The van der Waals surface area contributed by atoms with Crippen molar-refractivity contribution >= 4 is 17.7 Å². The minimum absolute atomic E-state index is 0.0174. The lowest BCUT2D eigenvalue weighted by atomic mass is 9.95. The second-order valence-electron chi connectivity index (χ2n) is 11.0. The van der Waals surface area contributed by atoms with Crippen LogP contribution in [-0.2, 0) is 22.7 Å². The lowest BCUT2D eigenvalue weighted by Gasteiger charge is -2.33.